The van der Waals surface area contributed by atoms with Crippen LogP contribution in [0.5, 0.6) is 0 Å². The van der Waals surface area contributed by atoms with E-state index in [4.69, 9.17) is 0 Å². The highest BCUT2D eigenvalue weighted by Gasteiger charge is 2.30. The maximum absolute atomic E-state index is 12.7. The number of halogens is 3. The first kappa shape index (κ1) is 23.3. The Morgan fingerprint density at radius 1 is 1.00 bits per heavy atom. The lowest BCUT2D eigenvalue weighted by atomic mass is 10.1. The third-order valence-electron chi connectivity index (χ3n) is 4.52. The van der Waals surface area contributed by atoms with Gasteiger partial charge in [-0.3, -0.25) is 20.4 Å². The van der Waals surface area contributed by atoms with Crippen LogP contribution in [0.25, 0.3) is 10.6 Å². The summed E-state index contributed by atoms with van der Waals surface area (Å²) >= 11 is 1.22. The Bertz CT molecular complexity index is 1110. The van der Waals surface area contributed by atoms with E-state index in [0.29, 0.717) is 16.3 Å². The van der Waals surface area contributed by atoms with E-state index in [1.54, 1.807) is 5.38 Å². The summed E-state index contributed by atoms with van der Waals surface area (Å²) in [5.74, 6) is -0.879. The summed E-state index contributed by atoms with van der Waals surface area (Å²) in [6.45, 7) is 3.90. The van der Waals surface area contributed by atoms with Crippen LogP contribution in [-0.2, 0) is 22.2 Å². The molecule has 0 saturated carbocycles. The van der Waals surface area contributed by atoms with Gasteiger partial charge in [-0.1, -0.05) is 29.8 Å². The molecule has 2 aromatic carbocycles. The highest BCUT2D eigenvalue weighted by atomic mass is 32.1. The number of alkyl halides is 3. The average Bonchev–Trinajstić information content (AvgIpc) is 3.19. The molecule has 0 saturated heterocycles. The molecule has 0 fully saturated rings. The van der Waals surface area contributed by atoms with Crippen LogP contribution in [0.1, 0.15) is 22.4 Å². The van der Waals surface area contributed by atoms with Gasteiger partial charge in [-0.2, -0.15) is 13.2 Å². The summed E-state index contributed by atoms with van der Waals surface area (Å²) in [7, 11) is 0. The minimum absolute atomic E-state index is 0.0149. The zero-order valence-electron chi connectivity index (χ0n) is 17.3. The molecule has 1 heterocycles. The number of anilines is 1. The highest BCUT2D eigenvalue weighted by Crippen LogP contribution is 2.31. The molecule has 0 aliphatic heterocycles. The zero-order chi connectivity index (χ0) is 23.3. The van der Waals surface area contributed by atoms with Crippen LogP contribution in [0.15, 0.2) is 47.8 Å². The first-order valence-corrected chi connectivity index (χ1v) is 10.5. The van der Waals surface area contributed by atoms with Crippen molar-refractivity contribution in [1.82, 2.24) is 15.8 Å². The molecule has 168 valence electrons. The Labute approximate surface area is 186 Å². The molecule has 0 spiro atoms. The maximum Gasteiger partial charge on any atom is 0.416 e. The van der Waals surface area contributed by atoms with Crippen molar-refractivity contribution in [2.24, 2.45) is 0 Å². The second-order valence-electron chi connectivity index (χ2n) is 7.16. The van der Waals surface area contributed by atoms with Gasteiger partial charge in [-0.15, -0.1) is 11.3 Å². The van der Waals surface area contributed by atoms with Crippen LogP contribution in [0, 0.1) is 13.8 Å². The Balaban J connectivity index is 1.47. The summed E-state index contributed by atoms with van der Waals surface area (Å²) < 4.78 is 38.0. The summed E-state index contributed by atoms with van der Waals surface area (Å²) in [5, 5.41) is 5.16. The number of nitrogens with zero attached hydrogens (tertiary/aromatic N) is 1. The summed E-state index contributed by atoms with van der Waals surface area (Å²) in [5.41, 5.74) is 7.85. The molecule has 0 radical (unpaired) electrons. The van der Waals surface area contributed by atoms with Gasteiger partial charge in [0.15, 0.2) is 0 Å². The van der Waals surface area contributed by atoms with Gasteiger partial charge in [0.2, 0.25) is 5.91 Å². The lowest BCUT2D eigenvalue weighted by Gasteiger charge is -2.11. The van der Waals surface area contributed by atoms with Crippen LogP contribution < -0.4 is 16.2 Å². The quantitative estimate of drug-likeness (QED) is 0.479. The largest absolute Gasteiger partial charge is 0.416 e. The van der Waals surface area contributed by atoms with Gasteiger partial charge < -0.3 is 5.32 Å². The number of hydrogen-bond donors (Lipinski definition) is 3. The third kappa shape index (κ3) is 6.30. The number of hydrogen-bond acceptors (Lipinski definition) is 5. The molecule has 0 bridgehead atoms. The molecule has 6 nitrogen and oxygen atoms in total. The van der Waals surface area contributed by atoms with Crippen LogP contribution in [0.4, 0.5) is 18.9 Å². The number of amides is 2. The van der Waals surface area contributed by atoms with E-state index in [0.717, 1.165) is 28.9 Å². The summed E-state index contributed by atoms with van der Waals surface area (Å²) in [4.78, 5) is 28.3. The molecule has 2 amide bonds. The lowest BCUT2D eigenvalue weighted by Crippen LogP contribution is -2.44. The second kappa shape index (κ2) is 9.82. The van der Waals surface area contributed by atoms with Crippen molar-refractivity contribution in [2.75, 3.05) is 11.9 Å². The van der Waals surface area contributed by atoms with Gasteiger partial charge in [0.25, 0.3) is 5.91 Å². The lowest BCUT2D eigenvalue weighted by molar-refractivity contribution is -0.137. The number of rotatable bonds is 6. The van der Waals surface area contributed by atoms with Crippen molar-refractivity contribution in [3.8, 4) is 10.6 Å². The Kier molecular flexibility index (Phi) is 7.14. The fraction of sp³-hybridized carbons (Fsp3) is 0.227. The van der Waals surface area contributed by atoms with Crippen molar-refractivity contribution in [3.63, 3.8) is 0 Å². The van der Waals surface area contributed by atoms with Crippen molar-refractivity contribution in [2.45, 2.75) is 26.4 Å². The van der Waals surface area contributed by atoms with Crippen LogP contribution >= 0.6 is 11.3 Å². The number of carbonyl (C=O) groups is 2. The molecule has 0 atom stereocenters. The average molecular weight is 462 g/mol. The Morgan fingerprint density at radius 2 is 1.69 bits per heavy atom. The van der Waals surface area contributed by atoms with Gasteiger partial charge in [-0.05, 0) is 37.6 Å². The van der Waals surface area contributed by atoms with Crippen molar-refractivity contribution in [1.29, 1.82) is 0 Å². The zero-order valence-corrected chi connectivity index (χ0v) is 18.2. The number of aryl methyl sites for hydroxylation is 2. The first-order valence-electron chi connectivity index (χ1n) is 9.62. The number of benzene rings is 2. The number of hydrazine groups is 1. The topological polar surface area (TPSA) is 83.1 Å². The molecular weight excluding hydrogens is 441 g/mol. The smallest absolute Gasteiger partial charge is 0.376 e. The number of carbonyl (C=O) groups excluding carboxylic acids is 2. The van der Waals surface area contributed by atoms with Gasteiger partial charge in [-0.25, -0.2) is 4.98 Å². The van der Waals surface area contributed by atoms with E-state index in [2.05, 4.69) is 21.2 Å². The minimum Gasteiger partial charge on any atom is -0.376 e. The number of aromatic nitrogens is 1. The summed E-state index contributed by atoms with van der Waals surface area (Å²) in [6, 6.07) is 10.5. The van der Waals surface area contributed by atoms with Gasteiger partial charge in [0, 0.05) is 16.6 Å². The van der Waals surface area contributed by atoms with Crippen LogP contribution in [-0.4, -0.2) is 23.3 Å². The van der Waals surface area contributed by atoms with Gasteiger partial charge in [0.05, 0.1) is 24.2 Å². The molecular formula is C22H21F3N4O2S. The Hall–Kier alpha value is -3.40. The van der Waals surface area contributed by atoms with Crippen molar-refractivity contribution < 1.29 is 22.8 Å². The molecule has 3 aromatic rings. The van der Waals surface area contributed by atoms with E-state index in [9.17, 15) is 22.8 Å². The normalized spacial score (nSPS) is 11.2. The number of thiazole rings is 1. The molecule has 0 aliphatic rings. The first-order chi connectivity index (χ1) is 15.1. The number of nitrogens with one attached hydrogen (secondary N) is 3. The van der Waals surface area contributed by atoms with E-state index in [1.807, 2.05) is 32.0 Å². The predicted molar refractivity (Wildman–Crippen MR) is 117 cm³/mol. The molecule has 3 N–H and O–H groups in total. The monoisotopic (exact) mass is 462 g/mol. The van der Waals surface area contributed by atoms with E-state index in [1.165, 1.54) is 23.5 Å². The van der Waals surface area contributed by atoms with Crippen molar-refractivity contribution >= 4 is 28.8 Å². The SMILES string of the molecule is Cc1ccc(NCC(=O)NNC(=O)Cc2csc(-c3ccc(C(F)(F)F)cc3)n2)c(C)c1. The van der Waals surface area contributed by atoms with Gasteiger partial charge >= 0.3 is 6.18 Å². The predicted octanol–water partition coefficient (Wildman–Crippen LogP) is 4.25. The fourth-order valence-corrected chi connectivity index (χ4v) is 3.73. The third-order valence-corrected chi connectivity index (χ3v) is 5.46. The molecule has 10 heteroatoms. The molecule has 3 rings (SSSR count). The fourth-order valence-electron chi connectivity index (χ4n) is 2.90. The minimum atomic E-state index is -4.40. The van der Waals surface area contributed by atoms with E-state index < -0.39 is 23.6 Å². The van der Waals surface area contributed by atoms with E-state index in [-0.39, 0.29) is 13.0 Å². The maximum atomic E-state index is 12.7. The summed E-state index contributed by atoms with van der Waals surface area (Å²) in [6.07, 6.45) is -4.48. The highest BCUT2D eigenvalue weighted by molar-refractivity contribution is 7.13. The van der Waals surface area contributed by atoms with Gasteiger partial charge in [0.1, 0.15) is 5.01 Å². The Morgan fingerprint density at radius 3 is 2.34 bits per heavy atom. The van der Waals surface area contributed by atoms with E-state index >= 15 is 0 Å². The molecule has 0 aliphatic carbocycles. The molecule has 1 aromatic heterocycles. The van der Waals surface area contributed by atoms with Crippen LogP contribution in [0.3, 0.4) is 0 Å². The molecule has 32 heavy (non-hydrogen) atoms. The van der Waals surface area contributed by atoms with Crippen molar-refractivity contribution in [3.05, 3.63) is 70.2 Å². The molecule has 0 unspecified atom stereocenters. The van der Waals surface area contributed by atoms with Crippen LogP contribution in [0.2, 0.25) is 0 Å². The standard InChI is InChI=1S/C22H21F3N4O2S/c1-13-3-8-18(14(2)9-13)26-11-20(31)29-28-19(30)10-17-12-32-21(27-17)15-4-6-16(7-5-15)22(23,24)25/h3-9,12,26H,10-11H2,1-2H3,(H,28,30)(H,29,31). The second-order valence-corrected chi connectivity index (χ2v) is 8.02.